The molecule has 150 valence electrons. The van der Waals surface area contributed by atoms with Gasteiger partial charge in [0.2, 0.25) is 5.91 Å². The molecule has 3 aromatic carbocycles. The van der Waals surface area contributed by atoms with Gasteiger partial charge in [-0.3, -0.25) is 9.10 Å². The van der Waals surface area contributed by atoms with Crippen molar-refractivity contribution in [3.63, 3.8) is 0 Å². The van der Waals surface area contributed by atoms with Crippen molar-refractivity contribution in [1.82, 2.24) is 0 Å². The summed E-state index contributed by atoms with van der Waals surface area (Å²) < 4.78 is 40.6. The van der Waals surface area contributed by atoms with E-state index in [4.69, 9.17) is 0 Å². The number of rotatable bonds is 6. The van der Waals surface area contributed by atoms with Gasteiger partial charge in [-0.15, -0.1) is 0 Å². The molecule has 0 saturated carbocycles. The van der Waals surface area contributed by atoms with E-state index < -0.39 is 28.3 Å². The number of nitrogens with zero attached hydrogens (tertiary/aromatic N) is 1. The molecule has 29 heavy (non-hydrogen) atoms. The van der Waals surface area contributed by atoms with Crippen LogP contribution in [0.3, 0.4) is 0 Å². The van der Waals surface area contributed by atoms with E-state index >= 15 is 0 Å². The zero-order valence-electron chi connectivity index (χ0n) is 16.1. The summed E-state index contributed by atoms with van der Waals surface area (Å²) in [4.78, 5) is 12.7. The van der Waals surface area contributed by atoms with Crippen LogP contribution in [0.2, 0.25) is 0 Å². The lowest BCUT2D eigenvalue weighted by Gasteiger charge is -2.24. The molecule has 0 aliphatic rings. The first-order chi connectivity index (χ1) is 13.8. The molecule has 3 rings (SSSR count). The highest BCUT2D eigenvalue weighted by atomic mass is 32.2. The van der Waals surface area contributed by atoms with Gasteiger partial charge in [0, 0.05) is 5.69 Å². The van der Waals surface area contributed by atoms with Crippen molar-refractivity contribution in [2.45, 2.75) is 18.7 Å². The fraction of sp³-hybridized carbons (Fsp3) is 0.136. The number of carbonyl (C=O) groups is 1. The smallest absolute Gasteiger partial charge is 0.264 e. The fourth-order valence-corrected chi connectivity index (χ4v) is 4.23. The summed E-state index contributed by atoms with van der Waals surface area (Å²) in [5.41, 5.74) is 2.87. The molecule has 0 unspecified atom stereocenters. The van der Waals surface area contributed by atoms with Crippen molar-refractivity contribution in [3.8, 4) is 0 Å². The molecule has 0 saturated heterocycles. The molecule has 0 bridgehead atoms. The molecule has 0 heterocycles. The van der Waals surface area contributed by atoms with Gasteiger partial charge in [0.05, 0.1) is 10.6 Å². The van der Waals surface area contributed by atoms with Gasteiger partial charge in [-0.2, -0.15) is 0 Å². The van der Waals surface area contributed by atoms with Crippen molar-refractivity contribution in [2.75, 3.05) is 16.2 Å². The number of carbonyl (C=O) groups excluding carboxylic acids is 1. The van der Waals surface area contributed by atoms with E-state index in [9.17, 15) is 17.6 Å². The standard InChI is InChI=1S/C22H21FN2O3S/c1-16-8-11-19(14-17(16)2)24-22(26)15-25(20-12-9-18(23)10-13-20)29(27,28)21-6-4-3-5-7-21/h3-14H,15H2,1-2H3,(H,24,26). The van der Waals surface area contributed by atoms with E-state index in [-0.39, 0.29) is 10.6 Å². The highest BCUT2D eigenvalue weighted by Gasteiger charge is 2.27. The lowest BCUT2D eigenvalue weighted by atomic mass is 10.1. The Bertz CT molecular complexity index is 1110. The quantitative estimate of drug-likeness (QED) is 0.657. The predicted molar refractivity (Wildman–Crippen MR) is 112 cm³/mol. The molecule has 1 N–H and O–H groups in total. The van der Waals surface area contributed by atoms with E-state index in [1.807, 2.05) is 26.0 Å². The average molecular weight is 412 g/mol. The van der Waals surface area contributed by atoms with E-state index in [0.29, 0.717) is 5.69 Å². The van der Waals surface area contributed by atoms with Crippen LogP contribution in [0.5, 0.6) is 0 Å². The largest absolute Gasteiger partial charge is 0.325 e. The fourth-order valence-electron chi connectivity index (χ4n) is 2.79. The minimum Gasteiger partial charge on any atom is -0.325 e. The van der Waals surface area contributed by atoms with Crippen LogP contribution in [-0.2, 0) is 14.8 Å². The second-order valence-corrected chi connectivity index (χ2v) is 8.51. The summed E-state index contributed by atoms with van der Waals surface area (Å²) in [7, 11) is -4.02. The van der Waals surface area contributed by atoms with Crippen molar-refractivity contribution in [2.24, 2.45) is 0 Å². The van der Waals surface area contributed by atoms with Crippen LogP contribution in [-0.4, -0.2) is 20.9 Å². The number of halogens is 1. The third kappa shape index (κ3) is 4.81. The normalized spacial score (nSPS) is 11.1. The van der Waals surface area contributed by atoms with Crippen LogP contribution in [0, 0.1) is 19.7 Å². The lowest BCUT2D eigenvalue weighted by Crippen LogP contribution is -2.38. The number of hydrogen-bond acceptors (Lipinski definition) is 3. The third-order valence-corrected chi connectivity index (χ3v) is 6.31. The zero-order chi connectivity index (χ0) is 21.0. The van der Waals surface area contributed by atoms with Crippen LogP contribution < -0.4 is 9.62 Å². The first-order valence-corrected chi connectivity index (χ1v) is 10.4. The molecule has 0 radical (unpaired) electrons. The second kappa shape index (κ2) is 8.45. The van der Waals surface area contributed by atoms with Crippen molar-refractivity contribution >= 4 is 27.3 Å². The Morgan fingerprint density at radius 1 is 0.931 bits per heavy atom. The van der Waals surface area contributed by atoms with Crippen molar-refractivity contribution in [1.29, 1.82) is 0 Å². The van der Waals surface area contributed by atoms with E-state index in [2.05, 4.69) is 5.32 Å². The number of anilines is 2. The maximum Gasteiger partial charge on any atom is 0.264 e. The topological polar surface area (TPSA) is 66.5 Å². The highest BCUT2D eigenvalue weighted by molar-refractivity contribution is 7.92. The number of nitrogens with one attached hydrogen (secondary N) is 1. The molecule has 0 aromatic heterocycles. The van der Waals surface area contributed by atoms with Gasteiger partial charge in [-0.25, -0.2) is 12.8 Å². The molecule has 0 aliphatic carbocycles. The molecule has 7 heteroatoms. The molecular formula is C22H21FN2O3S. The molecule has 0 spiro atoms. The van der Waals surface area contributed by atoms with Crippen LogP contribution in [0.1, 0.15) is 11.1 Å². The summed E-state index contributed by atoms with van der Waals surface area (Å²) in [6.45, 7) is 3.44. The van der Waals surface area contributed by atoms with Gasteiger partial charge < -0.3 is 5.32 Å². The molecule has 3 aromatic rings. The second-order valence-electron chi connectivity index (χ2n) is 6.65. The number of aryl methyl sites for hydroxylation is 2. The molecule has 1 amide bonds. The summed E-state index contributed by atoms with van der Waals surface area (Å²) >= 11 is 0. The number of sulfonamides is 1. The Hall–Kier alpha value is -3.19. The highest BCUT2D eigenvalue weighted by Crippen LogP contribution is 2.24. The molecular weight excluding hydrogens is 391 g/mol. The lowest BCUT2D eigenvalue weighted by molar-refractivity contribution is -0.114. The van der Waals surface area contributed by atoms with Gasteiger partial charge in [0.25, 0.3) is 10.0 Å². The average Bonchev–Trinajstić information content (AvgIpc) is 2.70. The Kier molecular flexibility index (Phi) is 5.98. The number of amides is 1. The Balaban J connectivity index is 1.92. The maximum absolute atomic E-state index is 13.3. The number of benzene rings is 3. The number of hydrogen-bond donors (Lipinski definition) is 1. The molecule has 0 aliphatic heterocycles. The molecule has 5 nitrogen and oxygen atoms in total. The third-order valence-electron chi connectivity index (χ3n) is 4.52. The van der Waals surface area contributed by atoms with E-state index in [1.165, 1.54) is 24.3 Å². The molecule has 0 atom stereocenters. The first-order valence-electron chi connectivity index (χ1n) is 8.98. The summed E-state index contributed by atoms with van der Waals surface area (Å²) in [6.07, 6.45) is 0. The minimum atomic E-state index is -4.02. The van der Waals surface area contributed by atoms with Gasteiger partial charge >= 0.3 is 0 Å². The zero-order valence-corrected chi connectivity index (χ0v) is 16.9. The van der Waals surface area contributed by atoms with E-state index in [0.717, 1.165) is 27.6 Å². The van der Waals surface area contributed by atoms with Crippen LogP contribution in [0.15, 0.2) is 77.7 Å². The summed E-state index contributed by atoms with van der Waals surface area (Å²) in [5, 5.41) is 2.73. The van der Waals surface area contributed by atoms with Gasteiger partial charge in [0.15, 0.2) is 0 Å². The summed E-state index contributed by atoms with van der Waals surface area (Å²) in [6, 6.07) is 18.2. The van der Waals surface area contributed by atoms with Gasteiger partial charge in [-0.05, 0) is 73.5 Å². The van der Waals surface area contributed by atoms with Crippen molar-refractivity contribution in [3.05, 3.63) is 89.7 Å². The van der Waals surface area contributed by atoms with Gasteiger partial charge in [0.1, 0.15) is 12.4 Å². The maximum atomic E-state index is 13.3. The Labute approximate surface area is 169 Å². The minimum absolute atomic E-state index is 0.0447. The van der Waals surface area contributed by atoms with Gasteiger partial charge in [-0.1, -0.05) is 24.3 Å². The predicted octanol–water partition coefficient (Wildman–Crippen LogP) is 4.28. The Morgan fingerprint density at radius 3 is 2.21 bits per heavy atom. The molecule has 0 fully saturated rings. The Morgan fingerprint density at radius 2 is 1.59 bits per heavy atom. The van der Waals surface area contributed by atoms with Crippen molar-refractivity contribution < 1.29 is 17.6 Å². The van der Waals surface area contributed by atoms with Crippen LogP contribution in [0.4, 0.5) is 15.8 Å². The SMILES string of the molecule is Cc1ccc(NC(=O)CN(c2ccc(F)cc2)S(=O)(=O)c2ccccc2)cc1C. The summed E-state index contributed by atoms with van der Waals surface area (Å²) in [5.74, 6) is -0.998. The monoisotopic (exact) mass is 412 g/mol. The first kappa shape index (κ1) is 20.5. The van der Waals surface area contributed by atoms with E-state index in [1.54, 1.807) is 24.3 Å². The van der Waals surface area contributed by atoms with Crippen LogP contribution in [0.25, 0.3) is 0 Å². The van der Waals surface area contributed by atoms with Crippen LogP contribution >= 0.6 is 0 Å².